The zero-order valence-electron chi connectivity index (χ0n) is 13.0. The van der Waals surface area contributed by atoms with E-state index in [1.165, 1.54) is 0 Å². The first-order chi connectivity index (χ1) is 11.8. The predicted octanol–water partition coefficient (Wildman–Crippen LogP) is 4.36. The molecular weight excluding hydrogens is 290 g/mol. The van der Waals surface area contributed by atoms with Gasteiger partial charge in [0.1, 0.15) is 0 Å². The Bertz CT molecular complexity index is 999. The minimum Gasteiger partial charge on any atom is -0.192 e. The van der Waals surface area contributed by atoms with E-state index in [4.69, 9.17) is 5.26 Å². The summed E-state index contributed by atoms with van der Waals surface area (Å²) in [7, 11) is 0. The first-order valence-electron chi connectivity index (χ1n) is 7.53. The van der Waals surface area contributed by atoms with E-state index in [-0.39, 0.29) is 0 Å². The fourth-order valence-corrected chi connectivity index (χ4v) is 2.13. The first-order valence-corrected chi connectivity index (χ1v) is 7.53. The van der Waals surface area contributed by atoms with Crippen molar-refractivity contribution in [2.24, 2.45) is 0 Å². The molecule has 1 heteroatoms. The summed E-state index contributed by atoms with van der Waals surface area (Å²) in [4.78, 5) is 0. The van der Waals surface area contributed by atoms with Gasteiger partial charge in [0.25, 0.3) is 0 Å². The lowest BCUT2D eigenvalue weighted by atomic mass is 10.1. The molecule has 0 unspecified atom stereocenters. The Balaban J connectivity index is 1.89. The van der Waals surface area contributed by atoms with Crippen LogP contribution in [-0.2, 0) is 0 Å². The largest absolute Gasteiger partial charge is 0.192 e. The highest BCUT2D eigenvalue weighted by molar-refractivity contribution is 5.54. The highest BCUT2D eigenvalue weighted by Gasteiger charge is 1.95. The van der Waals surface area contributed by atoms with Gasteiger partial charge in [0, 0.05) is 22.3 Å². The SMILES string of the molecule is N#Cc1ccc(C#Cc2ccccc2C#Cc2ccccc2)cc1. The van der Waals surface area contributed by atoms with Gasteiger partial charge >= 0.3 is 0 Å². The highest BCUT2D eigenvalue weighted by Crippen LogP contribution is 2.08. The van der Waals surface area contributed by atoms with Crippen molar-refractivity contribution in [3.63, 3.8) is 0 Å². The Hall–Kier alpha value is -3.73. The molecular formula is C23H13N. The monoisotopic (exact) mass is 303 g/mol. The van der Waals surface area contributed by atoms with Crippen molar-refractivity contribution < 1.29 is 0 Å². The quantitative estimate of drug-likeness (QED) is 0.566. The van der Waals surface area contributed by atoms with Crippen molar-refractivity contribution in [3.8, 4) is 29.8 Å². The molecule has 0 fully saturated rings. The molecule has 0 amide bonds. The van der Waals surface area contributed by atoms with Gasteiger partial charge in [-0.05, 0) is 48.5 Å². The van der Waals surface area contributed by atoms with Gasteiger partial charge in [0.2, 0.25) is 0 Å². The van der Waals surface area contributed by atoms with E-state index in [0.717, 1.165) is 22.3 Å². The molecule has 0 bridgehead atoms. The number of benzene rings is 3. The van der Waals surface area contributed by atoms with Gasteiger partial charge in [0.05, 0.1) is 11.6 Å². The Labute approximate surface area is 142 Å². The summed E-state index contributed by atoms with van der Waals surface area (Å²) in [6.45, 7) is 0. The number of hydrogen-bond acceptors (Lipinski definition) is 1. The predicted molar refractivity (Wildman–Crippen MR) is 96.0 cm³/mol. The van der Waals surface area contributed by atoms with Crippen molar-refractivity contribution >= 4 is 0 Å². The molecule has 24 heavy (non-hydrogen) atoms. The lowest BCUT2D eigenvalue weighted by molar-refractivity contribution is 1.48. The summed E-state index contributed by atoms with van der Waals surface area (Å²) in [6, 6.07) is 27.1. The maximum atomic E-state index is 8.82. The number of nitriles is 1. The van der Waals surface area contributed by atoms with Crippen LogP contribution in [0.15, 0.2) is 78.9 Å². The van der Waals surface area contributed by atoms with Gasteiger partial charge in [-0.2, -0.15) is 5.26 Å². The fraction of sp³-hybridized carbons (Fsp3) is 0. The van der Waals surface area contributed by atoms with E-state index in [1.807, 2.05) is 66.7 Å². The molecule has 3 rings (SSSR count). The maximum Gasteiger partial charge on any atom is 0.0991 e. The smallest absolute Gasteiger partial charge is 0.0991 e. The lowest BCUT2D eigenvalue weighted by Crippen LogP contribution is -1.84. The average Bonchev–Trinajstić information content (AvgIpc) is 2.66. The van der Waals surface area contributed by atoms with Gasteiger partial charge in [-0.3, -0.25) is 0 Å². The summed E-state index contributed by atoms with van der Waals surface area (Å²) in [6.07, 6.45) is 0. The average molecular weight is 303 g/mol. The first kappa shape index (κ1) is 15.2. The zero-order valence-corrected chi connectivity index (χ0v) is 13.0. The summed E-state index contributed by atoms with van der Waals surface area (Å²) in [5.41, 5.74) is 4.29. The van der Waals surface area contributed by atoms with Crippen molar-refractivity contribution in [3.05, 3.63) is 107 Å². The van der Waals surface area contributed by atoms with Crippen molar-refractivity contribution in [2.75, 3.05) is 0 Å². The Morgan fingerprint density at radius 2 is 0.917 bits per heavy atom. The summed E-state index contributed by atoms with van der Waals surface area (Å²) in [5.74, 6) is 12.6. The third-order valence-electron chi connectivity index (χ3n) is 3.40. The molecule has 3 aromatic rings. The van der Waals surface area contributed by atoms with E-state index >= 15 is 0 Å². The molecule has 1 nitrogen and oxygen atoms in total. The van der Waals surface area contributed by atoms with Crippen LogP contribution in [0.5, 0.6) is 0 Å². The molecule has 0 aliphatic rings. The summed E-state index contributed by atoms with van der Waals surface area (Å²) >= 11 is 0. The molecule has 0 aliphatic heterocycles. The second-order valence-corrected chi connectivity index (χ2v) is 5.10. The van der Waals surface area contributed by atoms with Crippen molar-refractivity contribution in [2.45, 2.75) is 0 Å². The molecule has 0 radical (unpaired) electrons. The van der Waals surface area contributed by atoms with Gasteiger partial charge < -0.3 is 0 Å². The van der Waals surface area contributed by atoms with Crippen LogP contribution in [0.4, 0.5) is 0 Å². The minimum absolute atomic E-state index is 0.634. The summed E-state index contributed by atoms with van der Waals surface area (Å²) < 4.78 is 0. The number of nitrogens with zero attached hydrogens (tertiary/aromatic N) is 1. The standard InChI is InChI=1S/C23H13N/c24-18-21-12-10-20(11-13-21)15-17-23-9-5-4-8-22(23)16-14-19-6-2-1-3-7-19/h1-13H. The second-order valence-electron chi connectivity index (χ2n) is 5.10. The molecule has 110 valence electrons. The van der Waals surface area contributed by atoms with E-state index in [0.29, 0.717) is 5.56 Å². The van der Waals surface area contributed by atoms with Crippen molar-refractivity contribution in [1.29, 1.82) is 5.26 Å². The summed E-state index contributed by atoms with van der Waals surface area (Å²) in [5, 5.41) is 8.82. The maximum absolute atomic E-state index is 8.82. The van der Waals surface area contributed by atoms with Crippen molar-refractivity contribution in [1.82, 2.24) is 0 Å². The lowest BCUT2D eigenvalue weighted by Gasteiger charge is -1.96. The van der Waals surface area contributed by atoms with Crippen LogP contribution in [0.3, 0.4) is 0 Å². The Morgan fingerprint density at radius 3 is 1.46 bits per heavy atom. The normalized spacial score (nSPS) is 8.96. The molecule has 0 N–H and O–H groups in total. The van der Waals surface area contributed by atoms with E-state index in [1.54, 1.807) is 12.1 Å². The van der Waals surface area contributed by atoms with E-state index < -0.39 is 0 Å². The molecule has 0 atom stereocenters. The van der Waals surface area contributed by atoms with E-state index in [2.05, 4.69) is 29.8 Å². The van der Waals surface area contributed by atoms with Crippen LogP contribution in [0, 0.1) is 35.0 Å². The molecule has 0 aliphatic carbocycles. The molecule has 0 heterocycles. The van der Waals surface area contributed by atoms with E-state index in [9.17, 15) is 0 Å². The molecule has 3 aromatic carbocycles. The number of hydrogen-bond donors (Lipinski definition) is 0. The molecule has 0 aromatic heterocycles. The van der Waals surface area contributed by atoms with Crippen LogP contribution in [-0.4, -0.2) is 0 Å². The van der Waals surface area contributed by atoms with Crippen LogP contribution in [0.25, 0.3) is 0 Å². The van der Waals surface area contributed by atoms with Gasteiger partial charge in [0.15, 0.2) is 0 Å². The van der Waals surface area contributed by atoms with Gasteiger partial charge in [-0.25, -0.2) is 0 Å². The van der Waals surface area contributed by atoms with Crippen LogP contribution in [0.2, 0.25) is 0 Å². The van der Waals surface area contributed by atoms with Crippen LogP contribution in [0.1, 0.15) is 27.8 Å². The second kappa shape index (κ2) is 7.51. The highest BCUT2D eigenvalue weighted by atomic mass is 14.2. The van der Waals surface area contributed by atoms with Crippen LogP contribution < -0.4 is 0 Å². The van der Waals surface area contributed by atoms with Gasteiger partial charge in [-0.1, -0.05) is 54.0 Å². The topological polar surface area (TPSA) is 23.8 Å². The molecule has 0 spiro atoms. The minimum atomic E-state index is 0.634. The third-order valence-corrected chi connectivity index (χ3v) is 3.40. The number of rotatable bonds is 0. The van der Waals surface area contributed by atoms with Gasteiger partial charge in [-0.15, -0.1) is 0 Å². The Kier molecular flexibility index (Phi) is 4.75. The fourth-order valence-electron chi connectivity index (χ4n) is 2.13. The zero-order chi connectivity index (χ0) is 16.6. The third kappa shape index (κ3) is 3.92. The Morgan fingerprint density at radius 1 is 0.458 bits per heavy atom. The van der Waals surface area contributed by atoms with Crippen LogP contribution >= 0.6 is 0 Å². The molecule has 0 saturated carbocycles. The molecule has 0 saturated heterocycles.